The molecule has 2 aliphatic carbocycles. The van der Waals surface area contributed by atoms with Gasteiger partial charge in [-0.3, -0.25) is 4.79 Å². The van der Waals surface area contributed by atoms with Crippen molar-refractivity contribution in [2.45, 2.75) is 37.1 Å². The van der Waals surface area contributed by atoms with Gasteiger partial charge in [0.1, 0.15) is 12.1 Å². The monoisotopic (exact) mass is 434 g/mol. The summed E-state index contributed by atoms with van der Waals surface area (Å²) >= 11 is 0. The van der Waals surface area contributed by atoms with Crippen LogP contribution in [0.15, 0.2) is 48.5 Å². The minimum Gasteiger partial charge on any atom is -0.479 e. The predicted octanol–water partition coefficient (Wildman–Crippen LogP) is 3.38. The molecule has 0 unspecified atom stereocenters. The first-order valence-corrected chi connectivity index (χ1v) is 11.1. The van der Waals surface area contributed by atoms with Gasteiger partial charge in [0.25, 0.3) is 0 Å². The third-order valence-electron chi connectivity index (χ3n) is 7.09. The van der Waals surface area contributed by atoms with Gasteiger partial charge in [0, 0.05) is 25.4 Å². The summed E-state index contributed by atoms with van der Waals surface area (Å²) in [4.78, 5) is 37.8. The lowest BCUT2D eigenvalue weighted by atomic mass is 9.73. The maximum Gasteiger partial charge on any atom is 0.407 e. The first kappa shape index (κ1) is 20.5. The summed E-state index contributed by atoms with van der Waals surface area (Å²) < 4.78 is 5.49. The Labute approximate surface area is 186 Å². The summed E-state index contributed by atoms with van der Waals surface area (Å²) in [5.41, 5.74) is 3.68. The molecule has 2 bridgehead atoms. The molecule has 0 spiro atoms. The van der Waals surface area contributed by atoms with Gasteiger partial charge in [-0.15, -0.1) is 0 Å². The van der Waals surface area contributed by atoms with Crippen molar-refractivity contribution in [3.63, 3.8) is 0 Å². The number of nitrogens with zero attached hydrogens (tertiary/aromatic N) is 1. The second kappa shape index (κ2) is 7.97. The lowest BCUT2D eigenvalue weighted by Crippen LogP contribution is -2.54. The van der Waals surface area contributed by atoms with Crippen LogP contribution in [0.5, 0.6) is 0 Å². The van der Waals surface area contributed by atoms with E-state index in [0.717, 1.165) is 11.1 Å². The number of carboxylic acids is 1. The Kier molecular flexibility index (Phi) is 5.12. The quantitative estimate of drug-likeness (QED) is 0.652. The molecule has 32 heavy (non-hydrogen) atoms. The van der Waals surface area contributed by atoms with E-state index in [2.05, 4.69) is 29.6 Å². The molecule has 3 fully saturated rings. The second-order valence-corrected chi connectivity index (χ2v) is 8.97. The molecule has 1 saturated carbocycles. The molecule has 7 heteroatoms. The summed E-state index contributed by atoms with van der Waals surface area (Å²) in [5.74, 6) is -0.740. The summed E-state index contributed by atoms with van der Waals surface area (Å²) in [5, 5.41) is 12.2. The molecule has 2 aliphatic heterocycles. The number of alkyl carbamates (subject to hydrolysis) is 1. The molecule has 0 radical (unpaired) electrons. The fraction of sp³-hybridized carbons (Fsp3) is 0.400. The van der Waals surface area contributed by atoms with Crippen LogP contribution in [0.2, 0.25) is 0 Å². The first-order valence-electron chi connectivity index (χ1n) is 11.1. The summed E-state index contributed by atoms with van der Waals surface area (Å²) in [6, 6.07) is 16.3. The Bertz CT molecular complexity index is 1030. The second-order valence-electron chi connectivity index (χ2n) is 8.97. The molecule has 2 aromatic rings. The maximum atomic E-state index is 12.5. The van der Waals surface area contributed by atoms with Crippen molar-refractivity contribution in [2.75, 3.05) is 19.7 Å². The van der Waals surface area contributed by atoms with Crippen LogP contribution in [0, 0.1) is 5.92 Å². The third-order valence-corrected chi connectivity index (χ3v) is 7.09. The Morgan fingerprint density at radius 1 is 1.03 bits per heavy atom. The molecule has 2 amide bonds. The number of ether oxygens (including phenoxy) is 1. The lowest BCUT2D eigenvalue weighted by molar-refractivity contribution is -0.158. The largest absolute Gasteiger partial charge is 0.479 e. The van der Waals surface area contributed by atoms with Gasteiger partial charge in [0.15, 0.2) is 0 Å². The highest BCUT2D eigenvalue weighted by Gasteiger charge is 2.62. The maximum absolute atomic E-state index is 12.5. The number of benzene rings is 2. The zero-order valence-corrected chi connectivity index (χ0v) is 17.8. The van der Waals surface area contributed by atoms with Crippen molar-refractivity contribution in [1.29, 1.82) is 0 Å². The third kappa shape index (κ3) is 3.32. The number of nitrogens with one attached hydrogen (secondary N) is 1. The van der Waals surface area contributed by atoms with E-state index in [-0.39, 0.29) is 24.9 Å². The standard InChI is InChI=1S/C25H26N2O5/c28-22(27-14-16-12-25(27,13-16)23(29)30)10-5-11-26-24(31)32-15-21-19-8-3-1-6-17(19)18-7-2-4-9-20(18)21/h1-4,6-9,16,21H,5,10-15H2,(H,26,31)(H,29,30). The van der Waals surface area contributed by atoms with Crippen molar-refractivity contribution in [3.8, 4) is 11.1 Å². The smallest absolute Gasteiger partial charge is 0.407 e. The van der Waals surface area contributed by atoms with E-state index < -0.39 is 17.6 Å². The first-order chi connectivity index (χ1) is 15.5. The number of amides is 2. The molecular weight excluding hydrogens is 408 g/mol. The molecule has 2 heterocycles. The van der Waals surface area contributed by atoms with E-state index in [4.69, 9.17) is 4.74 Å². The number of fused-ring (bicyclic) bond motifs is 4. The molecule has 2 N–H and O–H groups in total. The van der Waals surface area contributed by atoms with Crippen LogP contribution in [0.4, 0.5) is 4.79 Å². The zero-order valence-electron chi connectivity index (χ0n) is 17.8. The van der Waals surface area contributed by atoms with Gasteiger partial charge in [-0.05, 0) is 47.4 Å². The van der Waals surface area contributed by atoms with Gasteiger partial charge >= 0.3 is 12.1 Å². The highest BCUT2D eigenvalue weighted by molar-refractivity contribution is 5.89. The molecule has 0 aromatic heterocycles. The van der Waals surface area contributed by atoms with E-state index >= 15 is 0 Å². The predicted molar refractivity (Wildman–Crippen MR) is 117 cm³/mol. The Morgan fingerprint density at radius 3 is 2.28 bits per heavy atom. The van der Waals surface area contributed by atoms with E-state index in [9.17, 15) is 19.5 Å². The summed E-state index contributed by atoms with van der Waals surface area (Å²) in [6.45, 7) is 1.08. The number of hydrogen-bond acceptors (Lipinski definition) is 4. The molecule has 7 nitrogen and oxygen atoms in total. The van der Waals surface area contributed by atoms with Gasteiger partial charge in [-0.1, -0.05) is 48.5 Å². The minimum absolute atomic E-state index is 0.00332. The minimum atomic E-state index is -0.984. The Balaban J connectivity index is 1.09. The average molecular weight is 434 g/mol. The molecule has 166 valence electrons. The van der Waals surface area contributed by atoms with E-state index in [1.807, 2.05) is 24.3 Å². The van der Waals surface area contributed by atoms with Crippen LogP contribution in [0.3, 0.4) is 0 Å². The molecule has 4 aliphatic rings. The summed E-state index contributed by atoms with van der Waals surface area (Å²) in [6.07, 6.45) is 1.27. The van der Waals surface area contributed by atoms with Crippen molar-refractivity contribution in [3.05, 3.63) is 59.7 Å². The lowest BCUT2D eigenvalue weighted by Gasteiger charge is -2.37. The SMILES string of the molecule is O=C(NCCCC(=O)N1CC2CC1(C(=O)O)C2)OCC1c2ccccc2-c2ccccc21. The van der Waals surface area contributed by atoms with Crippen molar-refractivity contribution < 1.29 is 24.2 Å². The van der Waals surface area contributed by atoms with Crippen LogP contribution >= 0.6 is 0 Å². The number of rotatable bonds is 7. The Hall–Kier alpha value is -3.35. The number of carbonyl (C=O) groups is 3. The van der Waals surface area contributed by atoms with E-state index in [0.29, 0.717) is 38.3 Å². The van der Waals surface area contributed by atoms with E-state index in [1.54, 1.807) is 0 Å². The van der Waals surface area contributed by atoms with Gasteiger partial charge in [0.05, 0.1) is 0 Å². The number of carboxylic acid groups (broad SMARTS) is 1. The fourth-order valence-electron chi connectivity index (χ4n) is 5.52. The van der Waals surface area contributed by atoms with Crippen LogP contribution in [-0.4, -0.2) is 53.2 Å². The summed E-state index contributed by atoms with van der Waals surface area (Å²) in [7, 11) is 0. The van der Waals surface area contributed by atoms with Crippen molar-refractivity contribution >= 4 is 18.0 Å². The zero-order chi connectivity index (χ0) is 22.3. The number of hydrogen-bond donors (Lipinski definition) is 2. The van der Waals surface area contributed by atoms with Crippen LogP contribution in [0.25, 0.3) is 11.1 Å². The number of carbonyl (C=O) groups excluding carboxylic acids is 2. The molecular formula is C25H26N2O5. The Morgan fingerprint density at radius 2 is 1.66 bits per heavy atom. The molecule has 0 atom stereocenters. The van der Waals surface area contributed by atoms with E-state index in [1.165, 1.54) is 16.0 Å². The van der Waals surface area contributed by atoms with Crippen LogP contribution < -0.4 is 5.32 Å². The normalized spacial score (nSPS) is 22.6. The molecule has 6 rings (SSSR count). The number of aliphatic carboxylic acids is 1. The van der Waals surface area contributed by atoms with Crippen molar-refractivity contribution in [2.24, 2.45) is 5.92 Å². The van der Waals surface area contributed by atoms with Gasteiger partial charge in [-0.2, -0.15) is 0 Å². The molecule has 2 aromatic carbocycles. The topological polar surface area (TPSA) is 95.9 Å². The fourth-order valence-corrected chi connectivity index (χ4v) is 5.52. The van der Waals surface area contributed by atoms with Crippen LogP contribution in [-0.2, 0) is 14.3 Å². The van der Waals surface area contributed by atoms with Crippen molar-refractivity contribution in [1.82, 2.24) is 10.2 Å². The van der Waals surface area contributed by atoms with Gasteiger partial charge in [-0.25, -0.2) is 9.59 Å². The average Bonchev–Trinajstić information content (AvgIpc) is 3.44. The highest BCUT2D eigenvalue weighted by atomic mass is 16.5. The van der Waals surface area contributed by atoms with Crippen LogP contribution in [0.1, 0.15) is 42.7 Å². The van der Waals surface area contributed by atoms with Gasteiger partial charge < -0.3 is 20.1 Å². The van der Waals surface area contributed by atoms with Gasteiger partial charge in [0.2, 0.25) is 5.91 Å². The highest BCUT2D eigenvalue weighted by Crippen LogP contribution is 2.51. The molecule has 2 saturated heterocycles.